The first-order chi connectivity index (χ1) is 28.7. The Morgan fingerprint density at radius 1 is 0.677 bits per heavy atom. The predicted octanol–water partition coefficient (Wildman–Crippen LogP) is 15.8. The molecule has 1 aromatic heterocycles. The van der Waals surface area contributed by atoms with Crippen LogP contribution in [0.25, 0.3) is 55.5 Å². The monoisotopic (exact) mass is 1020 g/mol. The Morgan fingerprint density at radius 3 is 1.65 bits per heavy atom. The molecule has 329 valence electrons. The number of nitrogens with zero attached hydrogens (tertiary/aromatic N) is 1. The summed E-state index contributed by atoms with van der Waals surface area (Å²) in [5.41, 5.74) is 13.5. The molecule has 0 atom stereocenters. The van der Waals surface area contributed by atoms with E-state index in [2.05, 4.69) is 170 Å². The first kappa shape index (κ1) is 50.2. The number of aryl methyl sites for hydroxylation is 2. The van der Waals surface area contributed by atoms with E-state index in [-0.39, 0.29) is 47.9 Å². The first-order valence-electron chi connectivity index (χ1n) is 22.4. The molecule has 0 spiro atoms. The fourth-order valence-electron chi connectivity index (χ4n) is 7.81. The molecule has 1 N–H and O–H groups in total. The van der Waals surface area contributed by atoms with Gasteiger partial charge in [-0.05, 0) is 93.9 Å². The second-order valence-electron chi connectivity index (χ2n) is 19.6. The van der Waals surface area contributed by atoms with Gasteiger partial charge >= 0.3 is 0 Å². The maximum atomic E-state index is 12.2. The van der Waals surface area contributed by atoms with Crippen molar-refractivity contribution in [3.63, 3.8) is 0 Å². The summed E-state index contributed by atoms with van der Waals surface area (Å²) in [4.78, 5) is 17.5. The molecule has 0 aliphatic rings. The molecule has 5 heteroatoms. The Morgan fingerprint density at radius 2 is 1.19 bits per heavy atom. The van der Waals surface area contributed by atoms with Crippen LogP contribution in [-0.4, -0.2) is 23.9 Å². The van der Waals surface area contributed by atoms with Gasteiger partial charge in [-0.2, -0.15) is 0 Å². The summed E-state index contributed by atoms with van der Waals surface area (Å²) in [7, 11) is -1.59. The van der Waals surface area contributed by atoms with E-state index in [0.717, 1.165) is 48.0 Å². The Bertz CT molecular complexity index is 2420. The van der Waals surface area contributed by atoms with E-state index in [1.165, 1.54) is 61.2 Å². The molecule has 0 aliphatic heterocycles. The average molecular weight is 1020 g/mol. The van der Waals surface area contributed by atoms with E-state index < -0.39 is 8.07 Å². The molecule has 6 rings (SSSR count). The van der Waals surface area contributed by atoms with Crippen molar-refractivity contribution >= 4 is 29.9 Å². The molecule has 0 saturated heterocycles. The molecule has 1 heterocycles. The van der Waals surface area contributed by atoms with Crippen LogP contribution in [0.5, 0.6) is 0 Å². The summed E-state index contributed by atoms with van der Waals surface area (Å²) >= 11 is 0. The zero-order chi connectivity index (χ0) is 44.9. The van der Waals surface area contributed by atoms with Crippen molar-refractivity contribution in [3.05, 3.63) is 144 Å². The van der Waals surface area contributed by atoms with Crippen molar-refractivity contribution in [2.75, 3.05) is 0 Å². The quantitative estimate of drug-likeness (QED) is 0.0575. The number of aliphatic hydroxyl groups is 1. The van der Waals surface area contributed by atoms with Crippen LogP contribution in [0.4, 0.5) is 0 Å². The third kappa shape index (κ3) is 11.4. The molecule has 5 aromatic carbocycles. The standard InChI is InChI=1S/C42H42NSi.C15H28O2.Ir/c1-28-21-29(2)23-32(22-28)40-27-38(37-26-34(44(6,7)8)19-20-39(37)43-40)41-35(30-15-11-9-12-16-30)24-33(42(3,4)5)25-36(41)31-17-13-10-14-18-31;1-7-14(5,8-2)12(16)11-13(17)15(6,9-3)10-4;/h9-22,24-27H,1-8H3;11,16H,7-10H2,1-6H3;/q-1;;/b;12-11-;. The number of pyridine rings is 1. The molecule has 3 nitrogen and oxygen atoms in total. The van der Waals surface area contributed by atoms with Crippen LogP contribution in [0.2, 0.25) is 19.6 Å². The summed E-state index contributed by atoms with van der Waals surface area (Å²) in [6.45, 7) is 30.5. The van der Waals surface area contributed by atoms with Crippen LogP contribution >= 0.6 is 0 Å². The first-order valence-corrected chi connectivity index (χ1v) is 25.9. The number of rotatable bonds is 12. The number of aromatic nitrogens is 1. The van der Waals surface area contributed by atoms with Gasteiger partial charge in [0.05, 0.1) is 13.6 Å². The smallest absolute Gasteiger partial charge is 0.164 e. The minimum atomic E-state index is -1.59. The Balaban J connectivity index is 0.000000400. The summed E-state index contributed by atoms with van der Waals surface area (Å²) in [6.07, 6.45) is 4.75. The van der Waals surface area contributed by atoms with E-state index in [1.54, 1.807) is 0 Å². The van der Waals surface area contributed by atoms with Crippen molar-refractivity contribution in [1.29, 1.82) is 0 Å². The van der Waals surface area contributed by atoms with Gasteiger partial charge in [-0.25, -0.2) is 0 Å². The molecule has 0 fully saturated rings. The number of carbonyl (C=O) groups excluding carboxylic acids is 1. The van der Waals surface area contributed by atoms with Crippen molar-refractivity contribution in [1.82, 2.24) is 4.98 Å². The Hall–Kier alpha value is -4.41. The number of allylic oxidation sites excluding steroid dienone is 2. The van der Waals surface area contributed by atoms with Crippen LogP contribution in [-0.2, 0) is 30.3 Å². The van der Waals surface area contributed by atoms with Crippen molar-refractivity contribution in [2.45, 2.75) is 127 Å². The number of carbonyl (C=O) groups is 1. The maximum absolute atomic E-state index is 12.2. The van der Waals surface area contributed by atoms with E-state index in [4.69, 9.17) is 4.98 Å². The average Bonchev–Trinajstić information content (AvgIpc) is 3.24. The molecule has 1 radical (unpaired) electrons. The topological polar surface area (TPSA) is 50.2 Å². The summed E-state index contributed by atoms with van der Waals surface area (Å²) in [5, 5.41) is 12.8. The van der Waals surface area contributed by atoms with Crippen molar-refractivity contribution in [2.24, 2.45) is 10.8 Å². The fraction of sp³-hybridized carbons (Fsp3) is 0.368. The van der Waals surface area contributed by atoms with Crippen LogP contribution in [0.3, 0.4) is 0 Å². The normalized spacial score (nSPS) is 12.4. The molecule has 6 aromatic rings. The molecule has 0 bridgehead atoms. The summed E-state index contributed by atoms with van der Waals surface area (Å²) < 4.78 is 0. The van der Waals surface area contributed by atoms with Gasteiger partial charge in [0.25, 0.3) is 0 Å². The minimum Gasteiger partial charge on any atom is -0.512 e. The van der Waals surface area contributed by atoms with Gasteiger partial charge in [0.2, 0.25) is 0 Å². The molecule has 0 unspecified atom stereocenters. The van der Waals surface area contributed by atoms with Gasteiger partial charge in [-0.3, -0.25) is 9.78 Å². The number of aliphatic hydroxyl groups excluding tert-OH is 1. The number of ketones is 1. The zero-order valence-electron chi connectivity index (χ0n) is 39.9. The number of fused-ring (bicyclic) bond motifs is 1. The Labute approximate surface area is 388 Å². The molecular formula is C57H70IrNO2Si-. The summed E-state index contributed by atoms with van der Waals surface area (Å²) in [5.74, 6) is 0.286. The van der Waals surface area contributed by atoms with Crippen LogP contribution < -0.4 is 5.19 Å². The van der Waals surface area contributed by atoms with Crippen LogP contribution in [0.1, 0.15) is 105 Å². The molecule has 0 saturated carbocycles. The largest absolute Gasteiger partial charge is 0.512 e. The van der Waals surface area contributed by atoms with Crippen LogP contribution in [0.15, 0.2) is 121 Å². The minimum absolute atomic E-state index is 0. The second kappa shape index (κ2) is 20.4. The zero-order valence-corrected chi connectivity index (χ0v) is 43.3. The molecule has 62 heavy (non-hydrogen) atoms. The van der Waals surface area contributed by atoms with Gasteiger partial charge in [0.1, 0.15) is 5.76 Å². The predicted molar refractivity (Wildman–Crippen MR) is 267 cm³/mol. The van der Waals surface area contributed by atoms with E-state index in [1.807, 2.05) is 41.5 Å². The van der Waals surface area contributed by atoms with E-state index >= 15 is 0 Å². The van der Waals surface area contributed by atoms with Gasteiger partial charge < -0.3 is 5.11 Å². The van der Waals surface area contributed by atoms with Gasteiger partial charge in [0, 0.05) is 42.4 Å². The van der Waals surface area contributed by atoms with Gasteiger partial charge in [-0.1, -0.05) is 180 Å². The maximum Gasteiger partial charge on any atom is 0.164 e. The van der Waals surface area contributed by atoms with Crippen molar-refractivity contribution < 1.29 is 30.0 Å². The summed E-state index contributed by atoms with van der Waals surface area (Å²) in [6, 6.07) is 43.9. The SMILES string of the molecule is CCC(C)(CC)C(=O)/C=C(\O)C(C)(CC)CC.Cc1[c-]c(-c2cc(-c3c(-c4ccccc4)cc(C(C)(C)C)cc3-c3ccccc3)c3cc([Si](C)(C)C)ccc3n2)cc(C)c1.[Ir]. The molecule has 0 aliphatic carbocycles. The van der Waals surface area contributed by atoms with E-state index in [9.17, 15) is 9.90 Å². The van der Waals surface area contributed by atoms with Gasteiger partial charge in [-0.15, -0.1) is 34.9 Å². The molecule has 0 amide bonds. The second-order valence-corrected chi connectivity index (χ2v) is 24.7. The fourth-order valence-corrected chi connectivity index (χ4v) is 8.97. The van der Waals surface area contributed by atoms with E-state index in [0.29, 0.717) is 0 Å². The third-order valence-electron chi connectivity index (χ3n) is 13.1. The Kier molecular flexibility index (Phi) is 16.5. The number of hydrogen-bond donors (Lipinski definition) is 1. The molecular weight excluding hydrogens is 951 g/mol. The number of hydrogen-bond acceptors (Lipinski definition) is 3. The van der Waals surface area contributed by atoms with Crippen LogP contribution in [0, 0.1) is 30.7 Å². The van der Waals surface area contributed by atoms with Gasteiger partial charge in [0.15, 0.2) is 5.78 Å². The number of benzene rings is 5. The van der Waals surface area contributed by atoms with Crippen molar-refractivity contribution in [3.8, 4) is 44.6 Å². The third-order valence-corrected chi connectivity index (χ3v) is 15.2.